The Bertz CT molecular complexity index is 1280. The maximum atomic E-state index is 13.4. The third-order valence-electron chi connectivity index (χ3n) is 9.92. The third kappa shape index (κ3) is 3.30. The maximum absolute atomic E-state index is 13.4. The van der Waals surface area contributed by atoms with Crippen LogP contribution in [0.1, 0.15) is 48.4 Å². The molecule has 2 N–H and O–H groups in total. The van der Waals surface area contributed by atoms with Gasteiger partial charge in [0.15, 0.2) is 11.5 Å². The van der Waals surface area contributed by atoms with Crippen LogP contribution in [0.2, 0.25) is 0 Å². The molecule has 0 aromatic heterocycles. The van der Waals surface area contributed by atoms with Crippen LogP contribution < -0.4 is 4.74 Å². The minimum Gasteiger partial charge on any atom is -0.504 e. The smallest absolute Gasteiger partial charge is 0.416 e. The number of phenolic OH excluding ortho intramolecular Hbond substituents is 1. The first-order valence-corrected chi connectivity index (χ1v) is 13.3. The molecule has 1 saturated heterocycles. The number of aliphatic hydroxyl groups is 1. The standard InChI is InChI=1S/C29H33F3N2O4/c1-16-14-20(34(3)23(36)11-6-17-4-8-19(9-5-17)29(30,31)32)26-27-12-13-33(2)22(28(16,27)37)15-18-7-10-21(35)25(38-26)24(18)27/h4-5,7-10,16,20,22,26,35,37H,6,11-15H2,1-3H3/t16?,20?,22-,26?,27+,28-/m1/s1. The summed E-state index contributed by atoms with van der Waals surface area (Å²) in [5.74, 6) is 0.216. The van der Waals surface area contributed by atoms with Gasteiger partial charge in [-0.3, -0.25) is 4.79 Å². The first-order chi connectivity index (χ1) is 17.9. The van der Waals surface area contributed by atoms with E-state index in [4.69, 9.17) is 4.74 Å². The number of aryl methyl sites for hydroxylation is 1. The van der Waals surface area contributed by atoms with E-state index in [1.54, 1.807) is 18.0 Å². The summed E-state index contributed by atoms with van der Waals surface area (Å²) in [6.45, 7) is 2.82. The summed E-state index contributed by atoms with van der Waals surface area (Å²) < 4.78 is 45.2. The zero-order valence-corrected chi connectivity index (χ0v) is 21.8. The molecule has 2 aliphatic heterocycles. The summed E-state index contributed by atoms with van der Waals surface area (Å²) in [7, 11) is 3.79. The van der Waals surface area contributed by atoms with E-state index in [9.17, 15) is 28.2 Å². The highest BCUT2D eigenvalue weighted by molar-refractivity contribution is 5.77. The highest BCUT2D eigenvalue weighted by atomic mass is 19.4. The molecule has 2 aliphatic carbocycles. The second kappa shape index (κ2) is 8.36. The van der Waals surface area contributed by atoms with Crippen LogP contribution >= 0.6 is 0 Å². The van der Waals surface area contributed by atoms with E-state index < -0.39 is 28.9 Å². The molecule has 2 fully saturated rings. The van der Waals surface area contributed by atoms with Crippen molar-refractivity contribution in [3.63, 3.8) is 0 Å². The van der Waals surface area contributed by atoms with Crippen LogP contribution in [0.5, 0.6) is 11.5 Å². The lowest BCUT2D eigenvalue weighted by Gasteiger charge is -2.66. The van der Waals surface area contributed by atoms with Crippen LogP contribution in [0.15, 0.2) is 36.4 Å². The molecule has 9 heteroatoms. The van der Waals surface area contributed by atoms with Gasteiger partial charge in [-0.1, -0.05) is 25.1 Å². The molecule has 6 nitrogen and oxygen atoms in total. The summed E-state index contributed by atoms with van der Waals surface area (Å²) in [5, 5.41) is 23.3. The van der Waals surface area contributed by atoms with E-state index >= 15 is 0 Å². The largest absolute Gasteiger partial charge is 0.504 e. The van der Waals surface area contributed by atoms with Crippen molar-refractivity contribution in [3.8, 4) is 11.5 Å². The lowest BCUT2D eigenvalue weighted by atomic mass is 9.45. The Labute approximate surface area is 220 Å². The van der Waals surface area contributed by atoms with Crippen molar-refractivity contribution in [2.24, 2.45) is 5.92 Å². The molecular weight excluding hydrogens is 497 g/mol. The van der Waals surface area contributed by atoms with E-state index in [0.717, 1.165) is 29.8 Å². The molecule has 1 spiro atoms. The number of nitrogens with zero attached hydrogens (tertiary/aromatic N) is 2. The maximum Gasteiger partial charge on any atom is 0.416 e. The summed E-state index contributed by atoms with van der Waals surface area (Å²) in [6.07, 6.45) is -2.58. The number of hydrogen-bond donors (Lipinski definition) is 2. The fraction of sp³-hybridized carbons (Fsp3) is 0.552. The van der Waals surface area contributed by atoms with Gasteiger partial charge in [0.2, 0.25) is 5.91 Å². The molecule has 6 atom stereocenters. The zero-order valence-electron chi connectivity index (χ0n) is 21.8. The minimum atomic E-state index is -4.40. The van der Waals surface area contributed by atoms with Crippen LogP contribution in [-0.4, -0.2) is 70.3 Å². The van der Waals surface area contributed by atoms with Gasteiger partial charge in [0.1, 0.15) is 6.10 Å². The first-order valence-electron chi connectivity index (χ1n) is 13.3. The molecule has 2 aromatic rings. The Morgan fingerprint density at radius 2 is 1.92 bits per heavy atom. The second-order valence-electron chi connectivity index (χ2n) is 11.6. The molecular formula is C29H33F3N2O4. The van der Waals surface area contributed by atoms with Crippen molar-refractivity contribution >= 4 is 5.91 Å². The molecule has 0 radical (unpaired) electrons. The topological polar surface area (TPSA) is 73.2 Å². The third-order valence-corrected chi connectivity index (χ3v) is 9.92. The van der Waals surface area contributed by atoms with Gasteiger partial charge in [-0.25, -0.2) is 0 Å². The quantitative estimate of drug-likeness (QED) is 0.628. The number of rotatable bonds is 4. The van der Waals surface area contributed by atoms with Gasteiger partial charge in [-0.05, 0) is 74.5 Å². The fourth-order valence-electron chi connectivity index (χ4n) is 7.99. The number of halogens is 3. The Morgan fingerprint density at radius 3 is 2.61 bits per heavy atom. The van der Waals surface area contributed by atoms with Crippen molar-refractivity contribution in [1.29, 1.82) is 0 Å². The molecule has 1 saturated carbocycles. The number of piperidine rings is 1. The molecule has 2 heterocycles. The second-order valence-corrected chi connectivity index (χ2v) is 11.6. The van der Waals surface area contributed by atoms with Crippen LogP contribution in [0, 0.1) is 5.92 Å². The SMILES string of the molecule is CC1CC(N(C)C(=O)CCc2ccc(C(F)(F)F)cc2)C2Oc3c(O)ccc4c3[C@@]23CCN(C)[C@H](C4)[C@]13O. The zero-order chi connectivity index (χ0) is 27.2. The summed E-state index contributed by atoms with van der Waals surface area (Å²) >= 11 is 0. The summed E-state index contributed by atoms with van der Waals surface area (Å²) in [6, 6.07) is 8.08. The lowest BCUT2D eigenvalue weighted by Crippen LogP contribution is -2.80. The Balaban J connectivity index is 1.29. The van der Waals surface area contributed by atoms with Gasteiger partial charge in [0, 0.05) is 25.1 Å². The van der Waals surface area contributed by atoms with Crippen LogP contribution in [0.3, 0.4) is 0 Å². The van der Waals surface area contributed by atoms with Crippen LogP contribution in [0.4, 0.5) is 13.2 Å². The summed E-state index contributed by atoms with van der Waals surface area (Å²) in [4.78, 5) is 17.3. The number of aromatic hydroxyl groups is 1. The number of phenols is 1. The number of likely N-dealkylation sites (N-methyl/N-ethyl adjacent to an activating group) is 2. The molecule has 2 aromatic carbocycles. The van der Waals surface area contributed by atoms with Gasteiger partial charge in [0.25, 0.3) is 0 Å². The number of carbonyl (C=O) groups is 1. The number of likely N-dealkylation sites (tertiary alicyclic amines) is 1. The van der Waals surface area contributed by atoms with E-state index in [1.807, 2.05) is 20.0 Å². The van der Waals surface area contributed by atoms with Gasteiger partial charge < -0.3 is 24.7 Å². The predicted molar refractivity (Wildman–Crippen MR) is 134 cm³/mol. The van der Waals surface area contributed by atoms with E-state index in [2.05, 4.69) is 4.90 Å². The van der Waals surface area contributed by atoms with Crippen LogP contribution in [0.25, 0.3) is 0 Å². The number of ether oxygens (including phenoxy) is 1. The van der Waals surface area contributed by atoms with Crippen LogP contribution in [-0.2, 0) is 29.2 Å². The molecule has 2 bridgehead atoms. The average molecular weight is 531 g/mol. The number of amides is 1. The van der Waals surface area contributed by atoms with Crippen molar-refractivity contribution in [3.05, 3.63) is 58.7 Å². The van der Waals surface area contributed by atoms with Gasteiger partial charge in [0.05, 0.1) is 22.6 Å². The van der Waals surface area contributed by atoms with Gasteiger partial charge in [-0.15, -0.1) is 0 Å². The molecule has 1 amide bonds. The summed E-state index contributed by atoms with van der Waals surface area (Å²) in [5.41, 5.74) is 0.113. The number of carbonyl (C=O) groups excluding carboxylic acids is 1. The van der Waals surface area contributed by atoms with Gasteiger partial charge >= 0.3 is 6.18 Å². The molecule has 38 heavy (non-hydrogen) atoms. The van der Waals surface area contributed by atoms with E-state index in [1.165, 1.54) is 12.1 Å². The Kier molecular flexibility index (Phi) is 5.61. The van der Waals surface area contributed by atoms with Gasteiger partial charge in [-0.2, -0.15) is 13.2 Å². The fourth-order valence-corrected chi connectivity index (χ4v) is 7.99. The monoisotopic (exact) mass is 530 g/mol. The number of alkyl halides is 3. The number of hydrogen-bond acceptors (Lipinski definition) is 5. The highest BCUT2D eigenvalue weighted by Gasteiger charge is 2.75. The first kappa shape index (κ1) is 25.5. The molecule has 204 valence electrons. The Hall–Kier alpha value is -2.78. The Morgan fingerprint density at radius 1 is 1.21 bits per heavy atom. The van der Waals surface area contributed by atoms with Crippen molar-refractivity contribution < 1.29 is 32.9 Å². The molecule has 6 rings (SSSR count). The average Bonchev–Trinajstić information content (AvgIpc) is 3.23. The number of benzene rings is 2. The molecule has 3 unspecified atom stereocenters. The van der Waals surface area contributed by atoms with Crippen molar-refractivity contribution in [1.82, 2.24) is 9.80 Å². The minimum absolute atomic E-state index is 0.0509. The van der Waals surface area contributed by atoms with Crippen molar-refractivity contribution in [2.45, 2.75) is 74.4 Å². The normalized spacial score (nSPS) is 33.4. The lowest BCUT2D eigenvalue weighted by molar-refractivity contribution is -0.221. The van der Waals surface area contributed by atoms with E-state index in [-0.39, 0.29) is 36.1 Å². The predicted octanol–water partition coefficient (Wildman–Crippen LogP) is 3.90. The van der Waals surface area contributed by atoms with Crippen molar-refractivity contribution in [2.75, 3.05) is 20.6 Å². The van der Waals surface area contributed by atoms with E-state index in [0.29, 0.717) is 37.0 Å². The highest BCUT2D eigenvalue weighted by Crippen LogP contribution is 2.66. The molecule has 4 aliphatic rings.